The molecule has 0 amide bonds. The van der Waals surface area contributed by atoms with Crippen LogP contribution in [-0.4, -0.2) is 15.6 Å². The van der Waals surface area contributed by atoms with Gasteiger partial charge in [0.15, 0.2) is 0 Å². The molecule has 1 aromatic heterocycles. The minimum Gasteiger partial charge on any atom is -0.384 e. The molecule has 5 heteroatoms. The first-order valence-electron chi connectivity index (χ1n) is 7.11. The van der Waals surface area contributed by atoms with E-state index in [2.05, 4.69) is 17.2 Å². The summed E-state index contributed by atoms with van der Waals surface area (Å²) in [5.74, 6) is -0.225. The largest absolute Gasteiger partial charge is 0.384 e. The SMILES string of the molecule is Cn1nc(-c2ccc3c(c2)CCCC3)cc(C(=N)N)c1=O. The van der Waals surface area contributed by atoms with Gasteiger partial charge >= 0.3 is 0 Å². The third-order valence-corrected chi connectivity index (χ3v) is 4.00. The second kappa shape index (κ2) is 5.16. The highest BCUT2D eigenvalue weighted by Gasteiger charge is 2.13. The Hall–Kier alpha value is -2.43. The molecule has 2 aromatic rings. The van der Waals surface area contributed by atoms with E-state index in [0.717, 1.165) is 18.4 Å². The third kappa shape index (κ3) is 2.46. The summed E-state index contributed by atoms with van der Waals surface area (Å²) in [7, 11) is 1.58. The predicted octanol–water partition coefficient (Wildman–Crippen LogP) is 1.61. The number of aromatic nitrogens is 2. The standard InChI is InChI=1S/C16H18N4O/c1-20-16(21)13(15(17)18)9-14(19-20)12-7-6-10-4-2-3-5-11(10)8-12/h6-9H,2-5H2,1H3,(H3,17,18). The Kier molecular flexibility index (Phi) is 3.33. The summed E-state index contributed by atoms with van der Waals surface area (Å²) in [6, 6.07) is 7.92. The summed E-state index contributed by atoms with van der Waals surface area (Å²) in [4.78, 5) is 11.9. The fourth-order valence-corrected chi connectivity index (χ4v) is 2.84. The lowest BCUT2D eigenvalue weighted by Crippen LogP contribution is -2.29. The van der Waals surface area contributed by atoms with E-state index in [9.17, 15) is 4.79 Å². The zero-order chi connectivity index (χ0) is 15.0. The Morgan fingerprint density at radius 3 is 2.67 bits per heavy atom. The van der Waals surface area contributed by atoms with E-state index in [1.54, 1.807) is 13.1 Å². The zero-order valence-electron chi connectivity index (χ0n) is 12.0. The van der Waals surface area contributed by atoms with Crippen molar-refractivity contribution in [3.8, 4) is 11.3 Å². The molecular weight excluding hydrogens is 264 g/mol. The molecule has 1 aliphatic carbocycles. The number of nitrogens with two attached hydrogens (primary N) is 1. The molecular formula is C16H18N4O. The van der Waals surface area contributed by atoms with Crippen molar-refractivity contribution in [3.63, 3.8) is 0 Å². The normalized spacial score (nSPS) is 13.8. The lowest BCUT2D eigenvalue weighted by atomic mass is 9.90. The molecule has 0 unspecified atom stereocenters. The maximum atomic E-state index is 11.9. The molecule has 3 N–H and O–H groups in total. The summed E-state index contributed by atoms with van der Waals surface area (Å²) in [5.41, 5.74) is 9.74. The van der Waals surface area contributed by atoms with E-state index in [1.165, 1.54) is 28.7 Å². The van der Waals surface area contributed by atoms with Crippen LogP contribution in [-0.2, 0) is 19.9 Å². The van der Waals surface area contributed by atoms with Gasteiger partial charge in [0.05, 0.1) is 11.3 Å². The average Bonchev–Trinajstić information content (AvgIpc) is 2.49. The molecule has 0 atom stereocenters. The first kappa shape index (κ1) is 13.5. The van der Waals surface area contributed by atoms with Crippen LogP contribution in [0.4, 0.5) is 0 Å². The van der Waals surface area contributed by atoms with E-state index >= 15 is 0 Å². The molecule has 0 saturated carbocycles. The van der Waals surface area contributed by atoms with Gasteiger partial charge in [0, 0.05) is 12.6 Å². The third-order valence-electron chi connectivity index (χ3n) is 4.00. The number of hydrogen-bond donors (Lipinski definition) is 2. The van der Waals surface area contributed by atoms with Crippen molar-refractivity contribution >= 4 is 5.84 Å². The molecule has 21 heavy (non-hydrogen) atoms. The van der Waals surface area contributed by atoms with Crippen LogP contribution >= 0.6 is 0 Å². The molecule has 0 radical (unpaired) electrons. The quantitative estimate of drug-likeness (QED) is 0.648. The van der Waals surface area contributed by atoms with Crippen molar-refractivity contribution in [1.82, 2.24) is 9.78 Å². The second-order valence-electron chi connectivity index (χ2n) is 5.48. The van der Waals surface area contributed by atoms with E-state index < -0.39 is 0 Å². The highest BCUT2D eigenvalue weighted by molar-refractivity contribution is 5.95. The number of nitrogens with one attached hydrogen (secondary N) is 1. The molecule has 0 aliphatic heterocycles. The van der Waals surface area contributed by atoms with Crippen molar-refractivity contribution in [1.29, 1.82) is 5.41 Å². The summed E-state index contributed by atoms with van der Waals surface area (Å²) in [6.07, 6.45) is 4.69. The minimum atomic E-state index is -0.343. The molecule has 5 nitrogen and oxygen atoms in total. The van der Waals surface area contributed by atoms with Crippen LogP contribution in [0.3, 0.4) is 0 Å². The minimum absolute atomic E-state index is 0.195. The number of nitrogen functional groups attached to an aromatic ring is 1. The lowest BCUT2D eigenvalue weighted by Gasteiger charge is -2.16. The fraction of sp³-hybridized carbons (Fsp3) is 0.312. The van der Waals surface area contributed by atoms with Gasteiger partial charge in [0.25, 0.3) is 5.56 Å². The van der Waals surface area contributed by atoms with Crippen LogP contribution in [0.1, 0.15) is 29.5 Å². The van der Waals surface area contributed by atoms with Gasteiger partial charge in [0.2, 0.25) is 0 Å². The average molecular weight is 282 g/mol. The predicted molar refractivity (Wildman–Crippen MR) is 82.6 cm³/mol. The number of hydrogen-bond acceptors (Lipinski definition) is 3. The first-order valence-corrected chi connectivity index (χ1v) is 7.11. The van der Waals surface area contributed by atoms with E-state index in [4.69, 9.17) is 11.1 Å². The van der Waals surface area contributed by atoms with Gasteiger partial charge < -0.3 is 5.73 Å². The van der Waals surface area contributed by atoms with Gasteiger partial charge in [-0.1, -0.05) is 12.1 Å². The van der Waals surface area contributed by atoms with Gasteiger partial charge in [-0.2, -0.15) is 5.10 Å². The van der Waals surface area contributed by atoms with Crippen LogP contribution in [0.5, 0.6) is 0 Å². The summed E-state index contributed by atoms with van der Waals surface area (Å²) >= 11 is 0. The maximum absolute atomic E-state index is 11.9. The van der Waals surface area contributed by atoms with Gasteiger partial charge in [-0.25, -0.2) is 4.68 Å². The molecule has 108 valence electrons. The topological polar surface area (TPSA) is 84.8 Å². The lowest BCUT2D eigenvalue weighted by molar-refractivity contribution is 0.685. The zero-order valence-corrected chi connectivity index (χ0v) is 12.0. The maximum Gasteiger partial charge on any atom is 0.277 e. The van der Waals surface area contributed by atoms with Crippen LogP contribution < -0.4 is 11.3 Å². The van der Waals surface area contributed by atoms with Gasteiger partial charge in [0.1, 0.15) is 5.84 Å². The van der Waals surface area contributed by atoms with Crippen LogP contribution in [0.2, 0.25) is 0 Å². The van der Waals surface area contributed by atoms with E-state index in [-0.39, 0.29) is 17.0 Å². The van der Waals surface area contributed by atoms with Crippen molar-refractivity contribution in [2.45, 2.75) is 25.7 Å². The highest BCUT2D eigenvalue weighted by atomic mass is 16.1. The summed E-state index contributed by atoms with van der Waals surface area (Å²) in [6.45, 7) is 0. The number of nitrogens with zero attached hydrogens (tertiary/aromatic N) is 2. The van der Waals surface area contributed by atoms with Crippen molar-refractivity contribution in [2.75, 3.05) is 0 Å². The molecule has 1 aliphatic rings. The Balaban J connectivity index is 2.12. The number of rotatable bonds is 2. The van der Waals surface area contributed by atoms with Crippen LogP contribution in [0, 0.1) is 5.41 Å². The Labute approximate surface area is 122 Å². The Bertz CT molecular complexity index is 776. The van der Waals surface area contributed by atoms with Gasteiger partial charge in [-0.05, 0) is 48.9 Å². The molecule has 3 rings (SSSR count). The highest BCUT2D eigenvalue weighted by Crippen LogP contribution is 2.26. The molecule has 1 heterocycles. The smallest absolute Gasteiger partial charge is 0.277 e. The van der Waals surface area contributed by atoms with Crippen molar-refractivity contribution < 1.29 is 0 Å². The van der Waals surface area contributed by atoms with Crippen molar-refractivity contribution in [2.24, 2.45) is 12.8 Å². The molecule has 0 bridgehead atoms. The number of amidine groups is 1. The number of fused-ring (bicyclic) bond motifs is 1. The number of aryl methyl sites for hydroxylation is 3. The Morgan fingerprint density at radius 2 is 1.95 bits per heavy atom. The second-order valence-corrected chi connectivity index (χ2v) is 5.48. The van der Waals surface area contributed by atoms with E-state index in [1.807, 2.05) is 6.07 Å². The van der Waals surface area contributed by atoms with Gasteiger partial charge in [-0.3, -0.25) is 10.2 Å². The summed E-state index contributed by atoms with van der Waals surface area (Å²) in [5, 5.41) is 11.8. The van der Waals surface area contributed by atoms with Gasteiger partial charge in [-0.15, -0.1) is 0 Å². The van der Waals surface area contributed by atoms with Crippen molar-refractivity contribution in [3.05, 3.63) is 51.3 Å². The fourth-order valence-electron chi connectivity index (χ4n) is 2.84. The van der Waals surface area contributed by atoms with E-state index in [0.29, 0.717) is 5.69 Å². The molecule has 1 aromatic carbocycles. The number of benzene rings is 1. The first-order chi connectivity index (χ1) is 10.1. The van der Waals surface area contributed by atoms with Crippen LogP contribution in [0.15, 0.2) is 29.1 Å². The Morgan fingerprint density at radius 1 is 1.24 bits per heavy atom. The monoisotopic (exact) mass is 282 g/mol. The molecule has 0 fully saturated rings. The summed E-state index contributed by atoms with van der Waals surface area (Å²) < 4.78 is 1.24. The molecule has 0 spiro atoms. The molecule has 0 saturated heterocycles. The van der Waals surface area contributed by atoms with Crippen LogP contribution in [0.25, 0.3) is 11.3 Å².